The van der Waals surface area contributed by atoms with Crippen molar-refractivity contribution in [3.63, 3.8) is 0 Å². The number of pyridine rings is 1. The summed E-state index contributed by atoms with van der Waals surface area (Å²) in [6, 6.07) is 15.2. The lowest BCUT2D eigenvalue weighted by atomic mass is 10.1. The Labute approximate surface area is 170 Å². The molecule has 3 aromatic rings. The topological polar surface area (TPSA) is 72.5 Å². The van der Waals surface area contributed by atoms with Crippen LogP contribution in [0.4, 0.5) is 11.4 Å². The number of ether oxygens (including phenoxy) is 2. The molecule has 6 nitrogen and oxygen atoms in total. The number of rotatable bonds is 7. The fourth-order valence-electron chi connectivity index (χ4n) is 3.07. The molecule has 1 amide bonds. The first-order valence-electron chi connectivity index (χ1n) is 9.29. The van der Waals surface area contributed by atoms with Crippen molar-refractivity contribution >= 4 is 17.3 Å². The summed E-state index contributed by atoms with van der Waals surface area (Å²) in [5, 5.41) is 6.18. The van der Waals surface area contributed by atoms with E-state index in [9.17, 15) is 4.79 Å². The lowest BCUT2D eigenvalue weighted by Crippen LogP contribution is -2.14. The maximum absolute atomic E-state index is 12.4. The average molecular weight is 391 g/mol. The van der Waals surface area contributed by atoms with Crippen LogP contribution in [-0.2, 0) is 6.54 Å². The number of nitrogens with one attached hydrogen (secondary N) is 2. The second kappa shape index (κ2) is 9.10. The van der Waals surface area contributed by atoms with Crippen LogP contribution in [0.15, 0.2) is 54.7 Å². The van der Waals surface area contributed by atoms with E-state index in [-0.39, 0.29) is 5.91 Å². The van der Waals surface area contributed by atoms with Crippen molar-refractivity contribution < 1.29 is 14.3 Å². The molecule has 0 spiro atoms. The zero-order valence-corrected chi connectivity index (χ0v) is 17.1. The molecule has 29 heavy (non-hydrogen) atoms. The molecule has 1 aromatic heterocycles. The zero-order chi connectivity index (χ0) is 20.8. The molecule has 0 radical (unpaired) electrons. The van der Waals surface area contributed by atoms with Crippen LogP contribution in [-0.4, -0.2) is 25.1 Å². The molecule has 0 aliphatic carbocycles. The van der Waals surface area contributed by atoms with Gasteiger partial charge in [0.15, 0.2) is 11.5 Å². The molecule has 0 aliphatic rings. The Hall–Kier alpha value is -3.54. The summed E-state index contributed by atoms with van der Waals surface area (Å²) in [4.78, 5) is 16.7. The number of hydrogen-bond acceptors (Lipinski definition) is 5. The summed E-state index contributed by atoms with van der Waals surface area (Å²) in [5.74, 6) is 1.14. The second-order valence-electron chi connectivity index (χ2n) is 6.81. The van der Waals surface area contributed by atoms with E-state index in [1.54, 1.807) is 26.5 Å². The van der Waals surface area contributed by atoms with Gasteiger partial charge < -0.3 is 20.1 Å². The smallest absolute Gasteiger partial charge is 0.274 e. The van der Waals surface area contributed by atoms with Crippen molar-refractivity contribution in [1.82, 2.24) is 4.98 Å². The molecule has 0 bridgehead atoms. The molecule has 1 heterocycles. The van der Waals surface area contributed by atoms with Crippen LogP contribution < -0.4 is 20.1 Å². The first kappa shape index (κ1) is 20.2. The number of benzene rings is 2. The van der Waals surface area contributed by atoms with E-state index in [1.165, 1.54) is 0 Å². The van der Waals surface area contributed by atoms with E-state index in [4.69, 9.17) is 9.47 Å². The van der Waals surface area contributed by atoms with E-state index in [0.29, 0.717) is 23.7 Å². The monoisotopic (exact) mass is 391 g/mol. The van der Waals surface area contributed by atoms with Crippen LogP contribution in [0.25, 0.3) is 0 Å². The quantitative estimate of drug-likeness (QED) is 0.617. The Balaban J connectivity index is 1.62. The fourth-order valence-corrected chi connectivity index (χ4v) is 3.07. The third-order valence-electron chi connectivity index (χ3n) is 4.42. The molecule has 150 valence electrons. The average Bonchev–Trinajstić information content (AvgIpc) is 2.71. The maximum atomic E-state index is 12.4. The van der Waals surface area contributed by atoms with Gasteiger partial charge in [0.25, 0.3) is 5.91 Å². The highest BCUT2D eigenvalue weighted by Crippen LogP contribution is 2.27. The summed E-state index contributed by atoms with van der Waals surface area (Å²) >= 11 is 0. The van der Waals surface area contributed by atoms with Crippen molar-refractivity contribution in [1.29, 1.82) is 0 Å². The van der Waals surface area contributed by atoms with Gasteiger partial charge in [-0.25, -0.2) is 4.98 Å². The van der Waals surface area contributed by atoms with E-state index in [0.717, 1.165) is 28.1 Å². The normalized spacial score (nSPS) is 10.3. The Morgan fingerprint density at radius 1 is 0.897 bits per heavy atom. The number of carbonyl (C=O) groups is 1. The number of methoxy groups -OCH3 is 2. The Morgan fingerprint density at radius 2 is 1.62 bits per heavy atom. The van der Waals surface area contributed by atoms with E-state index < -0.39 is 0 Å². The fraction of sp³-hybridized carbons (Fsp3) is 0.217. The third kappa shape index (κ3) is 5.25. The molecule has 0 saturated carbocycles. The van der Waals surface area contributed by atoms with Gasteiger partial charge in [-0.15, -0.1) is 0 Å². The Bertz CT molecular complexity index is 980. The first-order chi connectivity index (χ1) is 14.0. The lowest BCUT2D eigenvalue weighted by molar-refractivity contribution is 0.102. The molecular formula is C23H25N3O3. The highest BCUT2D eigenvalue weighted by molar-refractivity contribution is 6.03. The van der Waals surface area contributed by atoms with Gasteiger partial charge in [-0.3, -0.25) is 4.79 Å². The molecule has 2 N–H and O–H groups in total. The van der Waals surface area contributed by atoms with Crippen LogP contribution in [0.2, 0.25) is 0 Å². The predicted octanol–water partition coefficient (Wildman–Crippen LogP) is 4.58. The van der Waals surface area contributed by atoms with E-state index >= 15 is 0 Å². The minimum Gasteiger partial charge on any atom is -0.493 e. The van der Waals surface area contributed by atoms with Crippen molar-refractivity contribution in [2.75, 3.05) is 24.9 Å². The van der Waals surface area contributed by atoms with Gasteiger partial charge in [-0.05, 0) is 66.9 Å². The highest BCUT2D eigenvalue weighted by Gasteiger charge is 2.09. The summed E-state index contributed by atoms with van der Waals surface area (Å²) in [6.45, 7) is 4.59. The molecular weight excluding hydrogens is 366 g/mol. The van der Waals surface area contributed by atoms with Gasteiger partial charge >= 0.3 is 0 Å². The molecule has 6 heteroatoms. The van der Waals surface area contributed by atoms with Gasteiger partial charge in [-0.1, -0.05) is 12.1 Å². The number of amides is 1. The van der Waals surface area contributed by atoms with Crippen molar-refractivity contribution in [2.24, 2.45) is 0 Å². The van der Waals surface area contributed by atoms with Crippen molar-refractivity contribution in [2.45, 2.75) is 20.4 Å². The largest absolute Gasteiger partial charge is 0.493 e. The number of anilines is 2. The number of nitrogens with zero attached hydrogens (tertiary/aromatic N) is 1. The van der Waals surface area contributed by atoms with Gasteiger partial charge in [0.1, 0.15) is 5.69 Å². The van der Waals surface area contributed by atoms with Gasteiger partial charge in [0, 0.05) is 12.2 Å². The molecule has 3 rings (SSSR count). The minimum absolute atomic E-state index is 0.235. The van der Waals surface area contributed by atoms with Crippen LogP contribution >= 0.6 is 0 Å². The predicted molar refractivity (Wildman–Crippen MR) is 115 cm³/mol. The van der Waals surface area contributed by atoms with Gasteiger partial charge in [0.05, 0.1) is 26.1 Å². The standard InChI is InChI=1S/C23H25N3O3/c1-15-9-16(2)11-19(10-15)26-23(27)20-7-6-18(14-25-20)24-13-17-5-8-21(28-3)22(12-17)29-4/h5-12,14,24H,13H2,1-4H3,(H,26,27). The molecule has 2 aromatic carbocycles. The minimum atomic E-state index is -0.235. The second-order valence-corrected chi connectivity index (χ2v) is 6.81. The van der Waals surface area contributed by atoms with Crippen molar-refractivity contribution in [3.05, 3.63) is 77.1 Å². The van der Waals surface area contributed by atoms with Crippen LogP contribution in [0, 0.1) is 13.8 Å². The van der Waals surface area contributed by atoms with Crippen LogP contribution in [0.3, 0.4) is 0 Å². The van der Waals surface area contributed by atoms with Gasteiger partial charge in [0.2, 0.25) is 0 Å². The van der Waals surface area contributed by atoms with Gasteiger partial charge in [-0.2, -0.15) is 0 Å². The van der Waals surface area contributed by atoms with E-state index in [2.05, 4.69) is 21.7 Å². The number of aromatic nitrogens is 1. The maximum Gasteiger partial charge on any atom is 0.274 e. The first-order valence-corrected chi connectivity index (χ1v) is 9.29. The van der Waals surface area contributed by atoms with Crippen LogP contribution in [0.5, 0.6) is 11.5 Å². The SMILES string of the molecule is COc1ccc(CNc2ccc(C(=O)Nc3cc(C)cc(C)c3)nc2)cc1OC. The molecule has 0 aliphatic heterocycles. The molecule has 0 atom stereocenters. The number of carbonyl (C=O) groups excluding carboxylic acids is 1. The van der Waals surface area contributed by atoms with E-state index in [1.807, 2.05) is 50.2 Å². The third-order valence-corrected chi connectivity index (χ3v) is 4.42. The zero-order valence-electron chi connectivity index (χ0n) is 17.1. The van der Waals surface area contributed by atoms with Crippen LogP contribution in [0.1, 0.15) is 27.2 Å². The lowest BCUT2D eigenvalue weighted by Gasteiger charge is -2.11. The van der Waals surface area contributed by atoms with Crippen molar-refractivity contribution in [3.8, 4) is 11.5 Å². The number of aryl methyl sites for hydroxylation is 2. The Morgan fingerprint density at radius 3 is 2.24 bits per heavy atom. The molecule has 0 unspecified atom stereocenters. The molecule has 0 fully saturated rings. The number of hydrogen-bond donors (Lipinski definition) is 2. The molecule has 0 saturated heterocycles. The summed E-state index contributed by atoms with van der Waals surface area (Å²) in [6.07, 6.45) is 1.65. The Kier molecular flexibility index (Phi) is 6.34. The summed E-state index contributed by atoms with van der Waals surface area (Å²) in [7, 11) is 3.22. The summed E-state index contributed by atoms with van der Waals surface area (Å²) in [5.41, 5.74) is 5.19. The summed E-state index contributed by atoms with van der Waals surface area (Å²) < 4.78 is 10.6. The highest BCUT2D eigenvalue weighted by atomic mass is 16.5.